The minimum absolute atomic E-state index is 0.296. The van der Waals surface area contributed by atoms with E-state index in [1.165, 1.54) is 0 Å². The Kier molecular flexibility index (Phi) is 5.55. The minimum atomic E-state index is -0.296. The molecule has 138 valence electrons. The largest absolute Gasteiger partial charge is 0.497 e. The molecule has 0 radical (unpaired) electrons. The fourth-order valence-electron chi connectivity index (χ4n) is 2.92. The summed E-state index contributed by atoms with van der Waals surface area (Å²) in [6, 6.07) is 5.22. The number of benzene rings is 1. The van der Waals surface area contributed by atoms with E-state index < -0.39 is 0 Å². The molecule has 26 heavy (non-hydrogen) atoms. The quantitative estimate of drug-likeness (QED) is 0.887. The van der Waals surface area contributed by atoms with E-state index in [4.69, 9.17) is 9.47 Å². The first-order valence-corrected chi connectivity index (χ1v) is 8.71. The maximum absolute atomic E-state index is 12.5. The Hall–Kier alpha value is -2.83. The Morgan fingerprint density at radius 1 is 1.15 bits per heavy atom. The predicted molar refractivity (Wildman–Crippen MR) is 100 cm³/mol. The number of aromatic nitrogens is 2. The first-order chi connectivity index (χ1) is 12.6. The van der Waals surface area contributed by atoms with Crippen molar-refractivity contribution in [1.29, 1.82) is 0 Å². The highest BCUT2D eigenvalue weighted by Crippen LogP contribution is 2.29. The maximum atomic E-state index is 12.5. The highest BCUT2D eigenvalue weighted by atomic mass is 16.5. The van der Waals surface area contributed by atoms with Crippen LogP contribution in [-0.2, 0) is 0 Å². The van der Waals surface area contributed by atoms with Gasteiger partial charge in [0.2, 0.25) is 5.95 Å². The third-order valence-corrected chi connectivity index (χ3v) is 4.62. The fraction of sp³-hybridized carbons (Fsp3) is 0.421. The second-order valence-electron chi connectivity index (χ2n) is 6.46. The number of carbonyl (C=O) groups is 1. The number of carbonyl (C=O) groups excluding carboxylic acids is 1. The van der Waals surface area contributed by atoms with Gasteiger partial charge in [0.05, 0.1) is 25.5 Å². The molecule has 1 saturated heterocycles. The number of methoxy groups -OCH3 is 2. The number of amides is 1. The van der Waals surface area contributed by atoms with Crippen LogP contribution < -0.4 is 19.7 Å². The van der Waals surface area contributed by atoms with Gasteiger partial charge in [-0.05, 0) is 30.9 Å². The van der Waals surface area contributed by atoms with E-state index in [9.17, 15) is 4.79 Å². The van der Waals surface area contributed by atoms with Crippen molar-refractivity contribution in [2.24, 2.45) is 5.92 Å². The van der Waals surface area contributed by atoms with Crippen LogP contribution >= 0.6 is 0 Å². The van der Waals surface area contributed by atoms with Crippen LogP contribution in [0.5, 0.6) is 11.5 Å². The van der Waals surface area contributed by atoms with E-state index in [-0.39, 0.29) is 5.91 Å². The Bertz CT molecular complexity index is 756. The Balaban J connectivity index is 1.70. The third kappa shape index (κ3) is 4.04. The van der Waals surface area contributed by atoms with Crippen LogP contribution in [0.4, 0.5) is 11.6 Å². The number of piperidine rings is 1. The molecule has 1 aliphatic rings. The summed E-state index contributed by atoms with van der Waals surface area (Å²) in [5, 5.41) is 2.82. The molecule has 2 aromatic rings. The van der Waals surface area contributed by atoms with Gasteiger partial charge in [0.15, 0.2) is 0 Å². The van der Waals surface area contributed by atoms with Crippen LogP contribution in [-0.4, -0.2) is 43.2 Å². The minimum Gasteiger partial charge on any atom is -0.497 e. The SMILES string of the molecule is COc1ccc(OC)c(NC(=O)c2cnc(N3CCC(C)CC3)nc2)c1. The molecule has 1 fully saturated rings. The summed E-state index contributed by atoms with van der Waals surface area (Å²) in [6.07, 6.45) is 5.40. The molecule has 0 unspecified atom stereocenters. The van der Waals surface area contributed by atoms with Crippen LogP contribution in [0.25, 0.3) is 0 Å². The van der Waals surface area contributed by atoms with E-state index in [1.54, 1.807) is 44.8 Å². The van der Waals surface area contributed by atoms with Gasteiger partial charge in [0.25, 0.3) is 5.91 Å². The Morgan fingerprint density at radius 2 is 1.85 bits per heavy atom. The second kappa shape index (κ2) is 8.03. The standard InChI is InChI=1S/C19H24N4O3/c1-13-6-8-23(9-7-13)19-20-11-14(12-21-19)18(24)22-16-10-15(25-2)4-5-17(16)26-3/h4-5,10-13H,6-9H2,1-3H3,(H,22,24). The fourth-order valence-corrected chi connectivity index (χ4v) is 2.92. The van der Waals surface area contributed by atoms with Crippen molar-refractivity contribution in [3.63, 3.8) is 0 Å². The van der Waals surface area contributed by atoms with E-state index in [2.05, 4.69) is 27.1 Å². The van der Waals surface area contributed by atoms with E-state index in [1.807, 2.05) is 0 Å². The molecule has 1 aromatic heterocycles. The number of nitrogens with one attached hydrogen (secondary N) is 1. The molecule has 1 aromatic carbocycles. The lowest BCUT2D eigenvalue weighted by Crippen LogP contribution is -2.34. The van der Waals surface area contributed by atoms with Crippen LogP contribution in [0.15, 0.2) is 30.6 Å². The van der Waals surface area contributed by atoms with Gasteiger partial charge in [-0.2, -0.15) is 0 Å². The van der Waals surface area contributed by atoms with E-state index in [0.29, 0.717) is 28.7 Å². The average Bonchev–Trinajstić information content (AvgIpc) is 2.68. The molecule has 1 N–H and O–H groups in total. The normalized spacial score (nSPS) is 14.8. The lowest BCUT2D eigenvalue weighted by atomic mass is 10.00. The smallest absolute Gasteiger partial charge is 0.258 e. The van der Waals surface area contributed by atoms with Crippen molar-refractivity contribution in [3.05, 3.63) is 36.2 Å². The lowest BCUT2D eigenvalue weighted by Gasteiger charge is -2.30. The van der Waals surface area contributed by atoms with Gasteiger partial charge in [-0.25, -0.2) is 9.97 Å². The zero-order chi connectivity index (χ0) is 18.5. The molecule has 0 aliphatic carbocycles. The molecule has 3 rings (SSSR count). The van der Waals surface area contributed by atoms with Crippen LogP contribution in [0, 0.1) is 5.92 Å². The maximum Gasteiger partial charge on any atom is 0.258 e. The summed E-state index contributed by atoms with van der Waals surface area (Å²) in [4.78, 5) is 23.4. The summed E-state index contributed by atoms with van der Waals surface area (Å²) in [5.41, 5.74) is 0.926. The van der Waals surface area contributed by atoms with E-state index in [0.717, 1.165) is 31.8 Å². The van der Waals surface area contributed by atoms with E-state index >= 15 is 0 Å². The lowest BCUT2D eigenvalue weighted by molar-refractivity contribution is 0.102. The zero-order valence-electron chi connectivity index (χ0n) is 15.4. The number of anilines is 2. The highest BCUT2D eigenvalue weighted by Gasteiger charge is 2.18. The molecular weight excluding hydrogens is 332 g/mol. The number of hydrogen-bond acceptors (Lipinski definition) is 6. The third-order valence-electron chi connectivity index (χ3n) is 4.62. The van der Waals surface area contributed by atoms with Gasteiger partial charge in [-0.1, -0.05) is 6.92 Å². The molecular formula is C19H24N4O3. The number of ether oxygens (including phenoxy) is 2. The van der Waals surface area contributed by atoms with Gasteiger partial charge in [0, 0.05) is 31.5 Å². The summed E-state index contributed by atoms with van der Waals surface area (Å²) in [7, 11) is 3.12. The Morgan fingerprint density at radius 3 is 2.46 bits per heavy atom. The van der Waals surface area contributed by atoms with Crippen molar-refractivity contribution in [1.82, 2.24) is 9.97 Å². The van der Waals surface area contributed by atoms with Crippen molar-refractivity contribution in [3.8, 4) is 11.5 Å². The number of nitrogens with zero attached hydrogens (tertiary/aromatic N) is 3. The molecule has 0 saturated carbocycles. The molecule has 1 amide bonds. The zero-order valence-corrected chi connectivity index (χ0v) is 15.4. The second-order valence-corrected chi connectivity index (χ2v) is 6.46. The molecule has 1 aliphatic heterocycles. The van der Waals surface area contributed by atoms with Gasteiger partial charge in [0.1, 0.15) is 11.5 Å². The molecule has 0 atom stereocenters. The van der Waals surface area contributed by atoms with Gasteiger partial charge < -0.3 is 19.7 Å². The first-order valence-electron chi connectivity index (χ1n) is 8.71. The topological polar surface area (TPSA) is 76.6 Å². The van der Waals surface area contributed by atoms with Crippen LogP contribution in [0.1, 0.15) is 30.1 Å². The summed E-state index contributed by atoms with van der Waals surface area (Å²) < 4.78 is 10.5. The molecule has 2 heterocycles. The van der Waals surface area contributed by atoms with Gasteiger partial charge in [-0.3, -0.25) is 4.79 Å². The predicted octanol–water partition coefficient (Wildman–Crippen LogP) is 2.98. The van der Waals surface area contributed by atoms with Crippen molar-refractivity contribution >= 4 is 17.5 Å². The van der Waals surface area contributed by atoms with Crippen molar-refractivity contribution in [2.75, 3.05) is 37.5 Å². The summed E-state index contributed by atoms with van der Waals surface area (Å²) >= 11 is 0. The summed E-state index contributed by atoms with van der Waals surface area (Å²) in [5.74, 6) is 2.31. The van der Waals surface area contributed by atoms with Gasteiger partial charge >= 0.3 is 0 Å². The number of rotatable bonds is 5. The number of hydrogen-bond donors (Lipinski definition) is 1. The highest BCUT2D eigenvalue weighted by molar-refractivity contribution is 6.04. The monoisotopic (exact) mass is 356 g/mol. The Labute approximate surface area is 153 Å². The molecule has 0 spiro atoms. The summed E-state index contributed by atoms with van der Waals surface area (Å²) in [6.45, 7) is 4.17. The van der Waals surface area contributed by atoms with Crippen molar-refractivity contribution < 1.29 is 14.3 Å². The van der Waals surface area contributed by atoms with Crippen LogP contribution in [0.2, 0.25) is 0 Å². The molecule has 7 heteroatoms. The molecule has 0 bridgehead atoms. The van der Waals surface area contributed by atoms with Gasteiger partial charge in [-0.15, -0.1) is 0 Å². The van der Waals surface area contributed by atoms with Crippen molar-refractivity contribution in [2.45, 2.75) is 19.8 Å². The molecule has 7 nitrogen and oxygen atoms in total. The average molecular weight is 356 g/mol. The van der Waals surface area contributed by atoms with Crippen LogP contribution in [0.3, 0.4) is 0 Å². The first kappa shape index (κ1) is 18.0.